The highest BCUT2D eigenvalue weighted by molar-refractivity contribution is 6.02. The van der Waals surface area contributed by atoms with Gasteiger partial charge in [0.05, 0.1) is 0 Å². The molecule has 4 heteroatoms. The van der Waals surface area contributed by atoms with Crippen molar-refractivity contribution in [3.8, 4) is 5.75 Å². The van der Waals surface area contributed by atoms with Crippen LogP contribution in [0.25, 0.3) is 0 Å². The number of hydrogen-bond donors (Lipinski definition) is 1. The van der Waals surface area contributed by atoms with Crippen molar-refractivity contribution in [3.05, 3.63) is 82.8 Å². The minimum absolute atomic E-state index is 0.266. The summed E-state index contributed by atoms with van der Waals surface area (Å²) in [6.07, 6.45) is 1.11. The number of furan rings is 1. The molecule has 1 aromatic heterocycles. The van der Waals surface area contributed by atoms with E-state index in [1.807, 2.05) is 44.2 Å². The highest BCUT2D eigenvalue weighted by Gasteiger charge is 2.13. The first kappa shape index (κ1) is 19.7. The van der Waals surface area contributed by atoms with Crippen molar-refractivity contribution in [3.63, 3.8) is 0 Å². The zero-order chi connectivity index (χ0) is 20.1. The molecule has 28 heavy (non-hydrogen) atoms. The van der Waals surface area contributed by atoms with Crippen molar-refractivity contribution >= 4 is 11.6 Å². The SMILES string of the molecule is CCC(C)c1ccc(OCc2ccc(C(=O)Nc3cccc(C)c3C)o2)cc1. The van der Waals surface area contributed by atoms with Crippen molar-refractivity contribution in [1.82, 2.24) is 0 Å². The van der Waals surface area contributed by atoms with Gasteiger partial charge in [-0.2, -0.15) is 0 Å². The summed E-state index contributed by atoms with van der Waals surface area (Å²) in [5, 5.41) is 2.90. The maximum absolute atomic E-state index is 12.4. The summed E-state index contributed by atoms with van der Waals surface area (Å²) in [6, 6.07) is 17.4. The fraction of sp³-hybridized carbons (Fsp3) is 0.292. The number of benzene rings is 2. The molecule has 1 atom stereocenters. The molecule has 0 saturated heterocycles. The Labute approximate surface area is 166 Å². The first-order valence-electron chi connectivity index (χ1n) is 9.67. The maximum Gasteiger partial charge on any atom is 0.291 e. The normalized spacial score (nSPS) is 11.9. The summed E-state index contributed by atoms with van der Waals surface area (Å²) in [4.78, 5) is 12.4. The molecule has 2 aromatic carbocycles. The number of nitrogens with one attached hydrogen (secondary N) is 1. The largest absolute Gasteiger partial charge is 0.486 e. The maximum atomic E-state index is 12.4. The highest BCUT2D eigenvalue weighted by Crippen LogP contribution is 2.23. The molecular weight excluding hydrogens is 350 g/mol. The van der Waals surface area contributed by atoms with Crippen LogP contribution in [0.5, 0.6) is 5.75 Å². The molecule has 0 bridgehead atoms. The average Bonchev–Trinajstić information content (AvgIpc) is 3.19. The van der Waals surface area contributed by atoms with Crippen molar-refractivity contribution in [1.29, 1.82) is 0 Å². The summed E-state index contributed by atoms with van der Waals surface area (Å²) in [5.74, 6) is 1.93. The molecule has 0 aliphatic carbocycles. The van der Waals surface area contributed by atoms with E-state index in [-0.39, 0.29) is 18.3 Å². The first-order valence-corrected chi connectivity index (χ1v) is 9.67. The molecule has 0 aliphatic heterocycles. The van der Waals surface area contributed by atoms with Crippen LogP contribution in [0.15, 0.2) is 59.0 Å². The Morgan fingerprint density at radius 2 is 1.82 bits per heavy atom. The Hall–Kier alpha value is -3.01. The molecule has 3 rings (SSSR count). The molecule has 1 N–H and O–H groups in total. The topological polar surface area (TPSA) is 51.5 Å². The van der Waals surface area contributed by atoms with Crippen LogP contribution in [-0.2, 0) is 6.61 Å². The lowest BCUT2D eigenvalue weighted by atomic mass is 9.99. The van der Waals surface area contributed by atoms with Gasteiger partial charge in [0.15, 0.2) is 5.76 Å². The molecule has 0 saturated carbocycles. The lowest BCUT2D eigenvalue weighted by Gasteiger charge is -2.10. The minimum atomic E-state index is -0.266. The van der Waals surface area contributed by atoms with Gasteiger partial charge < -0.3 is 14.5 Å². The Kier molecular flexibility index (Phi) is 6.19. The molecule has 1 amide bonds. The molecule has 4 nitrogen and oxygen atoms in total. The lowest BCUT2D eigenvalue weighted by Crippen LogP contribution is -2.12. The number of aryl methyl sites for hydroxylation is 1. The van der Waals surface area contributed by atoms with E-state index in [1.165, 1.54) is 5.56 Å². The summed E-state index contributed by atoms with van der Waals surface area (Å²) in [7, 11) is 0. The molecule has 1 heterocycles. The van der Waals surface area contributed by atoms with Gasteiger partial charge in [0, 0.05) is 5.69 Å². The van der Waals surface area contributed by atoms with Crippen LogP contribution in [0.3, 0.4) is 0 Å². The van der Waals surface area contributed by atoms with Gasteiger partial charge in [0.25, 0.3) is 5.91 Å². The summed E-state index contributed by atoms with van der Waals surface area (Å²) in [5.41, 5.74) is 4.27. The van der Waals surface area contributed by atoms with E-state index in [4.69, 9.17) is 9.15 Å². The third-order valence-electron chi connectivity index (χ3n) is 5.18. The molecule has 1 unspecified atom stereocenters. The Bertz CT molecular complexity index is 941. The molecule has 0 aliphatic rings. The van der Waals surface area contributed by atoms with Gasteiger partial charge in [0.1, 0.15) is 18.1 Å². The zero-order valence-corrected chi connectivity index (χ0v) is 16.9. The van der Waals surface area contributed by atoms with Gasteiger partial charge in [-0.3, -0.25) is 4.79 Å². The van der Waals surface area contributed by atoms with E-state index in [2.05, 4.69) is 31.3 Å². The van der Waals surface area contributed by atoms with Crippen LogP contribution in [-0.4, -0.2) is 5.91 Å². The van der Waals surface area contributed by atoms with Gasteiger partial charge in [0.2, 0.25) is 0 Å². The molecule has 3 aromatic rings. The molecular formula is C24H27NO3. The van der Waals surface area contributed by atoms with E-state index in [0.29, 0.717) is 11.7 Å². The zero-order valence-electron chi connectivity index (χ0n) is 16.9. The van der Waals surface area contributed by atoms with Crippen molar-refractivity contribution in [2.45, 2.75) is 46.6 Å². The predicted octanol–water partition coefficient (Wildman–Crippen LogP) is 6.24. The van der Waals surface area contributed by atoms with Gasteiger partial charge >= 0.3 is 0 Å². The van der Waals surface area contributed by atoms with E-state index in [9.17, 15) is 4.79 Å². The van der Waals surface area contributed by atoms with Gasteiger partial charge in [-0.1, -0.05) is 38.1 Å². The number of rotatable bonds is 7. The second-order valence-corrected chi connectivity index (χ2v) is 7.13. The number of amides is 1. The standard InChI is InChI=1S/C24H27NO3/c1-5-16(2)19-9-11-20(12-10-19)27-15-21-13-14-23(28-21)24(26)25-22-8-6-7-17(3)18(22)4/h6-14,16H,5,15H2,1-4H3,(H,25,26). The number of anilines is 1. The van der Waals surface area contributed by atoms with Crippen LogP contribution in [0, 0.1) is 13.8 Å². The fourth-order valence-corrected chi connectivity index (χ4v) is 2.93. The number of carbonyl (C=O) groups is 1. The lowest BCUT2D eigenvalue weighted by molar-refractivity contribution is 0.0992. The Morgan fingerprint density at radius 1 is 1.07 bits per heavy atom. The smallest absolute Gasteiger partial charge is 0.291 e. The second kappa shape index (κ2) is 8.79. The van der Waals surface area contributed by atoms with Crippen molar-refractivity contribution in [2.75, 3.05) is 5.32 Å². The molecule has 0 fully saturated rings. The van der Waals surface area contributed by atoms with Crippen LogP contribution in [0.2, 0.25) is 0 Å². The minimum Gasteiger partial charge on any atom is -0.486 e. The van der Waals surface area contributed by atoms with Crippen LogP contribution >= 0.6 is 0 Å². The fourth-order valence-electron chi connectivity index (χ4n) is 2.93. The first-order chi connectivity index (χ1) is 13.5. The third kappa shape index (κ3) is 4.63. The monoisotopic (exact) mass is 377 g/mol. The van der Waals surface area contributed by atoms with E-state index < -0.39 is 0 Å². The van der Waals surface area contributed by atoms with Gasteiger partial charge in [-0.25, -0.2) is 0 Å². The van der Waals surface area contributed by atoms with Crippen LogP contribution in [0.4, 0.5) is 5.69 Å². The third-order valence-corrected chi connectivity index (χ3v) is 5.18. The van der Waals surface area contributed by atoms with E-state index in [0.717, 1.165) is 29.0 Å². The average molecular weight is 377 g/mol. The van der Waals surface area contributed by atoms with Crippen LogP contribution < -0.4 is 10.1 Å². The Balaban J connectivity index is 1.59. The Morgan fingerprint density at radius 3 is 2.54 bits per heavy atom. The van der Waals surface area contributed by atoms with Crippen LogP contribution in [0.1, 0.15) is 59.2 Å². The number of carbonyl (C=O) groups excluding carboxylic acids is 1. The van der Waals surface area contributed by atoms with Gasteiger partial charge in [-0.15, -0.1) is 0 Å². The highest BCUT2D eigenvalue weighted by atomic mass is 16.5. The van der Waals surface area contributed by atoms with Crippen molar-refractivity contribution in [2.24, 2.45) is 0 Å². The van der Waals surface area contributed by atoms with Gasteiger partial charge in [-0.05, 0) is 73.2 Å². The summed E-state index contributed by atoms with van der Waals surface area (Å²) in [6.45, 7) is 8.67. The number of ether oxygens (including phenoxy) is 1. The molecule has 0 radical (unpaired) electrons. The van der Waals surface area contributed by atoms with E-state index >= 15 is 0 Å². The summed E-state index contributed by atoms with van der Waals surface area (Å²) >= 11 is 0. The number of hydrogen-bond acceptors (Lipinski definition) is 3. The van der Waals surface area contributed by atoms with Crippen molar-refractivity contribution < 1.29 is 13.9 Å². The second-order valence-electron chi connectivity index (χ2n) is 7.13. The molecule has 0 spiro atoms. The molecule has 146 valence electrons. The predicted molar refractivity (Wildman–Crippen MR) is 112 cm³/mol. The van der Waals surface area contributed by atoms with E-state index in [1.54, 1.807) is 12.1 Å². The quantitative estimate of drug-likeness (QED) is 0.530. The summed E-state index contributed by atoms with van der Waals surface area (Å²) < 4.78 is 11.4.